The van der Waals surface area contributed by atoms with Gasteiger partial charge in [-0.1, -0.05) is 13.0 Å². The minimum Gasteiger partial charge on any atom is -0.314 e. The predicted molar refractivity (Wildman–Crippen MR) is 71.6 cm³/mol. The first-order chi connectivity index (χ1) is 8.22. The molecule has 0 saturated carbocycles. The zero-order valence-electron chi connectivity index (χ0n) is 10.0. The highest BCUT2D eigenvalue weighted by molar-refractivity contribution is 9.10. The molecule has 0 amide bonds. The normalized spacial score (nSPS) is 19.2. The molecule has 1 fully saturated rings. The summed E-state index contributed by atoms with van der Waals surface area (Å²) in [5.41, 5.74) is 1.08. The van der Waals surface area contributed by atoms with Crippen molar-refractivity contribution in [1.29, 1.82) is 0 Å². The Kier molecular flexibility index (Phi) is 4.54. The zero-order valence-corrected chi connectivity index (χ0v) is 11.6. The van der Waals surface area contributed by atoms with Crippen molar-refractivity contribution in [2.45, 2.75) is 19.4 Å². The summed E-state index contributed by atoms with van der Waals surface area (Å²) in [5, 5.41) is 3.34. The van der Waals surface area contributed by atoms with Gasteiger partial charge in [-0.25, -0.2) is 4.39 Å². The van der Waals surface area contributed by atoms with Gasteiger partial charge < -0.3 is 5.32 Å². The molecule has 0 unspecified atom stereocenters. The smallest absolute Gasteiger partial charge is 0.137 e. The van der Waals surface area contributed by atoms with Crippen LogP contribution < -0.4 is 5.32 Å². The minimum atomic E-state index is -0.170. The van der Waals surface area contributed by atoms with E-state index in [0.717, 1.165) is 38.2 Å². The summed E-state index contributed by atoms with van der Waals surface area (Å²) in [6.45, 7) is 6.28. The van der Waals surface area contributed by atoms with E-state index >= 15 is 0 Å². The van der Waals surface area contributed by atoms with Gasteiger partial charge in [-0.2, -0.15) is 0 Å². The highest BCUT2D eigenvalue weighted by Gasteiger charge is 2.21. The van der Waals surface area contributed by atoms with Gasteiger partial charge in [0.25, 0.3) is 0 Å². The van der Waals surface area contributed by atoms with Crippen LogP contribution in [-0.4, -0.2) is 31.1 Å². The lowest BCUT2D eigenvalue weighted by Gasteiger charge is -2.34. The van der Waals surface area contributed by atoms with Crippen LogP contribution >= 0.6 is 15.9 Å². The van der Waals surface area contributed by atoms with Gasteiger partial charge in [0.15, 0.2) is 0 Å². The highest BCUT2D eigenvalue weighted by atomic mass is 79.9. The Labute approximate surface area is 110 Å². The van der Waals surface area contributed by atoms with Gasteiger partial charge >= 0.3 is 0 Å². The summed E-state index contributed by atoms with van der Waals surface area (Å²) in [6, 6.07) is 5.80. The molecular formula is C13H18BrFN2. The third-order valence-corrected chi connectivity index (χ3v) is 3.95. The SMILES string of the molecule is CC[C@@H](c1ccc(Br)c(F)c1)N1CCNCC1. The lowest BCUT2D eigenvalue weighted by Crippen LogP contribution is -2.45. The molecule has 94 valence electrons. The van der Waals surface area contributed by atoms with Crippen LogP contribution in [0, 0.1) is 5.82 Å². The van der Waals surface area contributed by atoms with Crippen molar-refractivity contribution in [2.75, 3.05) is 26.2 Å². The molecule has 2 nitrogen and oxygen atoms in total. The molecule has 1 aliphatic rings. The average Bonchev–Trinajstić information content (AvgIpc) is 2.36. The van der Waals surface area contributed by atoms with E-state index in [-0.39, 0.29) is 5.82 Å². The van der Waals surface area contributed by atoms with Crippen LogP contribution in [0.2, 0.25) is 0 Å². The molecule has 1 saturated heterocycles. The van der Waals surface area contributed by atoms with Crippen LogP contribution in [0.4, 0.5) is 4.39 Å². The fourth-order valence-corrected chi connectivity index (χ4v) is 2.66. The standard InChI is InChI=1S/C13H18BrFN2/c1-2-13(17-7-5-16-6-8-17)10-3-4-11(14)12(15)9-10/h3-4,9,13,16H,2,5-8H2,1H3/t13-/m0/s1. The molecule has 0 bridgehead atoms. The third-order valence-electron chi connectivity index (χ3n) is 3.31. The number of rotatable bonds is 3. The van der Waals surface area contributed by atoms with E-state index in [1.165, 1.54) is 0 Å². The topological polar surface area (TPSA) is 15.3 Å². The fourth-order valence-electron chi connectivity index (χ4n) is 2.42. The van der Waals surface area contributed by atoms with Crippen LogP contribution in [0.5, 0.6) is 0 Å². The van der Waals surface area contributed by atoms with E-state index in [1.807, 2.05) is 6.07 Å². The van der Waals surface area contributed by atoms with Crippen LogP contribution in [0.1, 0.15) is 24.9 Å². The van der Waals surface area contributed by atoms with Gasteiger partial charge in [0.2, 0.25) is 0 Å². The Hall–Kier alpha value is -0.450. The van der Waals surface area contributed by atoms with Gasteiger partial charge in [-0.05, 0) is 40.0 Å². The zero-order chi connectivity index (χ0) is 12.3. The predicted octanol–water partition coefficient (Wildman–Crippen LogP) is 2.94. The molecule has 17 heavy (non-hydrogen) atoms. The number of benzene rings is 1. The molecule has 4 heteroatoms. The Morgan fingerprint density at radius 2 is 2.12 bits per heavy atom. The average molecular weight is 301 g/mol. The quantitative estimate of drug-likeness (QED) is 0.923. The third kappa shape index (κ3) is 3.06. The van der Waals surface area contributed by atoms with Crippen LogP contribution in [0.3, 0.4) is 0 Å². The summed E-state index contributed by atoms with van der Waals surface area (Å²) in [4.78, 5) is 2.43. The summed E-state index contributed by atoms with van der Waals surface area (Å²) in [6.07, 6.45) is 1.01. The fraction of sp³-hybridized carbons (Fsp3) is 0.538. The molecule has 2 rings (SSSR count). The van der Waals surface area contributed by atoms with E-state index in [0.29, 0.717) is 10.5 Å². The number of hydrogen-bond acceptors (Lipinski definition) is 2. The van der Waals surface area contributed by atoms with Crippen molar-refractivity contribution in [3.05, 3.63) is 34.1 Å². The Bertz CT molecular complexity index is 378. The molecular weight excluding hydrogens is 283 g/mol. The first kappa shape index (κ1) is 13.0. The molecule has 0 radical (unpaired) electrons. The minimum absolute atomic E-state index is 0.170. The van der Waals surface area contributed by atoms with E-state index in [9.17, 15) is 4.39 Å². The first-order valence-electron chi connectivity index (χ1n) is 6.12. The molecule has 1 heterocycles. The Balaban J connectivity index is 2.18. The van der Waals surface area contributed by atoms with E-state index in [1.54, 1.807) is 12.1 Å². The molecule has 1 N–H and O–H groups in total. The lowest BCUT2D eigenvalue weighted by atomic mass is 10.0. The number of nitrogens with zero attached hydrogens (tertiary/aromatic N) is 1. The number of piperazine rings is 1. The number of hydrogen-bond donors (Lipinski definition) is 1. The van der Waals surface area contributed by atoms with Crippen molar-refractivity contribution in [1.82, 2.24) is 10.2 Å². The molecule has 0 aliphatic carbocycles. The summed E-state index contributed by atoms with van der Waals surface area (Å²) in [7, 11) is 0. The summed E-state index contributed by atoms with van der Waals surface area (Å²) < 4.78 is 14.1. The van der Waals surface area contributed by atoms with Gasteiger partial charge in [-0.3, -0.25) is 4.90 Å². The Morgan fingerprint density at radius 3 is 2.71 bits per heavy atom. The summed E-state index contributed by atoms with van der Waals surface area (Å²) in [5.74, 6) is -0.170. The highest BCUT2D eigenvalue weighted by Crippen LogP contribution is 2.27. The summed E-state index contributed by atoms with van der Waals surface area (Å²) >= 11 is 3.20. The maximum atomic E-state index is 13.6. The van der Waals surface area contributed by atoms with E-state index in [2.05, 4.69) is 33.1 Å². The largest absolute Gasteiger partial charge is 0.314 e. The molecule has 0 aromatic heterocycles. The number of nitrogens with one attached hydrogen (secondary N) is 1. The van der Waals surface area contributed by atoms with Crippen molar-refractivity contribution in [3.63, 3.8) is 0 Å². The van der Waals surface area contributed by atoms with Crippen molar-refractivity contribution >= 4 is 15.9 Å². The van der Waals surface area contributed by atoms with Gasteiger partial charge in [0, 0.05) is 32.2 Å². The van der Waals surface area contributed by atoms with Crippen molar-refractivity contribution in [2.24, 2.45) is 0 Å². The second-order valence-electron chi connectivity index (χ2n) is 4.38. The monoisotopic (exact) mass is 300 g/mol. The second kappa shape index (κ2) is 5.94. The van der Waals surface area contributed by atoms with E-state index < -0.39 is 0 Å². The second-order valence-corrected chi connectivity index (χ2v) is 5.24. The van der Waals surface area contributed by atoms with Crippen LogP contribution in [0.15, 0.2) is 22.7 Å². The van der Waals surface area contributed by atoms with Crippen LogP contribution in [0.25, 0.3) is 0 Å². The number of halogens is 2. The lowest BCUT2D eigenvalue weighted by molar-refractivity contribution is 0.169. The van der Waals surface area contributed by atoms with Gasteiger partial charge in [-0.15, -0.1) is 0 Å². The van der Waals surface area contributed by atoms with Gasteiger partial charge in [0.05, 0.1) is 4.47 Å². The van der Waals surface area contributed by atoms with Crippen molar-refractivity contribution < 1.29 is 4.39 Å². The molecule has 1 aliphatic heterocycles. The van der Waals surface area contributed by atoms with Crippen LogP contribution in [-0.2, 0) is 0 Å². The van der Waals surface area contributed by atoms with E-state index in [4.69, 9.17) is 0 Å². The molecule has 1 aromatic carbocycles. The Morgan fingerprint density at radius 1 is 1.41 bits per heavy atom. The molecule has 1 atom stereocenters. The molecule has 0 spiro atoms. The van der Waals surface area contributed by atoms with Crippen molar-refractivity contribution in [3.8, 4) is 0 Å². The van der Waals surface area contributed by atoms with Gasteiger partial charge in [0.1, 0.15) is 5.82 Å². The maximum absolute atomic E-state index is 13.6. The first-order valence-corrected chi connectivity index (χ1v) is 6.91. The maximum Gasteiger partial charge on any atom is 0.137 e. The molecule has 1 aromatic rings.